The highest BCUT2D eigenvalue weighted by Gasteiger charge is 2.31. The molecule has 182 valence electrons. The Morgan fingerprint density at radius 1 is 1.20 bits per heavy atom. The molecule has 0 bridgehead atoms. The quantitative estimate of drug-likeness (QED) is 0.482. The number of carboxylic acid groups (broad SMARTS) is 1. The van der Waals surface area contributed by atoms with Crippen LogP contribution >= 0.6 is 23.2 Å². The second kappa shape index (κ2) is 9.67. The lowest BCUT2D eigenvalue weighted by Crippen LogP contribution is -2.43. The van der Waals surface area contributed by atoms with Crippen molar-refractivity contribution in [1.82, 2.24) is 14.5 Å². The molecule has 35 heavy (non-hydrogen) atoms. The highest BCUT2D eigenvalue weighted by molar-refractivity contribution is 6.40. The standard InChI is InChI=1S/C24H22Cl2N4O5/c1-3-29(12(2)24(34)35)22(32)14-10-16(25)19(17(26)11-14)23(33)30-9-7-15-18(30)6-8-27-20(15)28-21(31)13-4-5-13/h6-13H,3-5H2,1-2H3,(H,34,35)(H,27,28,31). The second-order valence-electron chi connectivity index (χ2n) is 8.27. The zero-order chi connectivity index (χ0) is 25.4. The van der Waals surface area contributed by atoms with Crippen molar-refractivity contribution in [1.29, 1.82) is 0 Å². The number of carbonyl (C=O) groups excluding carboxylic acids is 3. The zero-order valence-electron chi connectivity index (χ0n) is 18.9. The normalized spacial score (nSPS) is 13.9. The molecular weight excluding hydrogens is 495 g/mol. The van der Waals surface area contributed by atoms with Gasteiger partial charge in [-0.05, 0) is 51.0 Å². The molecule has 0 aliphatic heterocycles. The number of halogens is 2. The number of benzene rings is 1. The highest BCUT2D eigenvalue weighted by Crippen LogP contribution is 2.33. The number of amides is 2. The van der Waals surface area contributed by atoms with Crippen molar-refractivity contribution in [3.8, 4) is 0 Å². The molecule has 2 amide bonds. The molecule has 11 heteroatoms. The van der Waals surface area contributed by atoms with Crippen molar-refractivity contribution in [2.45, 2.75) is 32.7 Å². The molecule has 1 aliphatic carbocycles. The van der Waals surface area contributed by atoms with Crippen LogP contribution in [0.3, 0.4) is 0 Å². The van der Waals surface area contributed by atoms with E-state index >= 15 is 0 Å². The van der Waals surface area contributed by atoms with Gasteiger partial charge in [-0.15, -0.1) is 0 Å². The molecule has 0 radical (unpaired) electrons. The van der Waals surface area contributed by atoms with Crippen molar-refractivity contribution in [3.63, 3.8) is 0 Å². The number of aromatic nitrogens is 2. The summed E-state index contributed by atoms with van der Waals surface area (Å²) in [7, 11) is 0. The van der Waals surface area contributed by atoms with Gasteiger partial charge in [-0.25, -0.2) is 9.78 Å². The predicted octanol–water partition coefficient (Wildman–Crippen LogP) is 4.32. The lowest BCUT2D eigenvalue weighted by molar-refractivity contribution is -0.141. The molecule has 1 atom stereocenters. The Labute approximate surface area is 210 Å². The molecule has 2 heterocycles. The molecule has 3 aromatic rings. The molecular formula is C24H22Cl2N4O5. The summed E-state index contributed by atoms with van der Waals surface area (Å²) >= 11 is 12.8. The van der Waals surface area contributed by atoms with Crippen LogP contribution in [0.5, 0.6) is 0 Å². The smallest absolute Gasteiger partial charge is 0.326 e. The number of likely N-dealkylation sites (N-methyl/N-ethyl adjacent to an activating group) is 1. The lowest BCUT2D eigenvalue weighted by Gasteiger charge is -2.25. The number of carboxylic acids is 1. The molecule has 0 saturated heterocycles. The van der Waals surface area contributed by atoms with Crippen LogP contribution in [0.4, 0.5) is 5.82 Å². The number of nitrogens with one attached hydrogen (secondary N) is 1. The number of hydrogen-bond donors (Lipinski definition) is 2. The van der Waals surface area contributed by atoms with E-state index < -0.39 is 23.8 Å². The van der Waals surface area contributed by atoms with Gasteiger partial charge in [0.05, 0.1) is 21.1 Å². The van der Waals surface area contributed by atoms with E-state index in [1.165, 1.54) is 36.0 Å². The molecule has 1 fully saturated rings. The van der Waals surface area contributed by atoms with Crippen LogP contribution in [-0.4, -0.2) is 55.8 Å². The van der Waals surface area contributed by atoms with Crippen LogP contribution in [-0.2, 0) is 9.59 Å². The zero-order valence-corrected chi connectivity index (χ0v) is 20.4. The molecule has 4 rings (SSSR count). The Morgan fingerprint density at radius 2 is 1.86 bits per heavy atom. The van der Waals surface area contributed by atoms with E-state index in [1.807, 2.05) is 0 Å². The van der Waals surface area contributed by atoms with Gasteiger partial charge in [-0.3, -0.25) is 19.0 Å². The Morgan fingerprint density at radius 3 is 2.43 bits per heavy atom. The van der Waals surface area contributed by atoms with E-state index in [-0.39, 0.29) is 39.5 Å². The van der Waals surface area contributed by atoms with Gasteiger partial charge in [-0.1, -0.05) is 23.2 Å². The molecule has 1 saturated carbocycles. The van der Waals surface area contributed by atoms with Crippen LogP contribution in [0, 0.1) is 5.92 Å². The third-order valence-corrected chi connectivity index (χ3v) is 6.55. The topological polar surface area (TPSA) is 122 Å². The number of aliphatic carboxylic acids is 1. The fourth-order valence-corrected chi connectivity index (χ4v) is 4.47. The first-order valence-electron chi connectivity index (χ1n) is 11.0. The number of rotatable bonds is 7. The van der Waals surface area contributed by atoms with Gasteiger partial charge in [0.15, 0.2) is 0 Å². The van der Waals surface area contributed by atoms with Crippen molar-refractivity contribution < 1.29 is 24.3 Å². The first kappa shape index (κ1) is 24.7. The number of carbonyl (C=O) groups is 4. The van der Waals surface area contributed by atoms with Gasteiger partial charge in [0, 0.05) is 35.8 Å². The summed E-state index contributed by atoms with van der Waals surface area (Å²) in [6.45, 7) is 3.22. The largest absolute Gasteiger partial charge is 0.480 e. The predicted molar refractivity (Wildman–Crippen MR) is 131 cm³/mol. The maximum atomic E-state index is 13.4. The molecule has 1 aromatic carbocycles. The molecule has 2 N–H and O–H groups in total. The average molecular weight is 517 g/mol. The minimum atomic E-state index is -1.15. The average Bonchev–Trinajstić information content (AvgIpc) is 3.57. The maximum Gasteiger partial charge on any atom is 0.326 e. The third kappa shape index (κ3) is 4.74. The molecule has 9 nitrogen and oxygen atoms in total. The summed E-state index contributed by atoms with van der Waals surface area (Å²) in [5, 5.41) is 12.6. The SMILES string of the molecule is CCN(C(=O)c1cc(Cl)c(C(=O)n2ccc3c(NC(=O)C4CC4)nccc32)c(Cl)c1)C(C)C(=O)O. The summed E-state index contributed by atoms with van der Waals surface area (Å²) in [5.41, 5.74) is 0.547. The summed E-state index contributed by atoms with van der Waals surface area (Å²) < 4.78 is 1.34. The number of pyridine rings is 1. The molecule has 0 spiro atoms. The van der Waals surface area contributed by atoms with Crippen LogP contribution < -0.4 is 5.32 Å². The van der Waals surface area contributed by atoms with Crippen molar-refractivity contribution in [3.05, 3.63) is 57.8 Å². The first-order valence-corrected chi connectivity index (χ1v) is 11.7. The van der Waals surface area contributed by atoms with E-state index in [1.54, 1.807) is 19.1 Å². The summed E-state index contributed by atoms with van der Waals surface area (Å²) in [5.74, 6) is -2.00. The lowest BCUT2D eigenvalue weighted by atomic mass is 10.1. The number of fused-ring (bicyclic) bond motifs is 1. The third-order valence-electron chi connectivity index (χ3n) is 5.95. The monoisotopic (exact) mass is 516 g/mol. The Kier molecular flexibility index (Phi) is 6.82. The van der Waals surface area contributed by atoms with Gasteiger partial charge >= 0.3 is 5.97 Å². The summed E-state index contributed by atoms with van der Waals surface area (Å²) in [6.07, 6.45) is 4.72. The van der Waals surface area contributed by atoms with E-state index in [2.05, 4.69) is 10.3 Å². The minimum absolute atomic E-state index is 0.00303. The number of hydrogen-bond acceptors (Lipinski definition) is 5. The highest BCUT2D eigenvalue weighted by atomic mass is 35.5. The number of nitrogens with zero attached hydrogens (tertiary/aromatic N) is 3. The van der Waals surface area contributed by atoms with Gasteiger partial charge in [0.2, 0.25) is 5.91 Å². The van der Waals surface area contributed by atoms with Crippen LogP contribution in [0.15, 0.2) is 36.7 Å². The van der Waals surface area contributed by atoms with E-state index in [0.717, 1.165) is 17.7 Å². The first-order chi connectivity index (χ1) is 16.6. The van der Waals surface area contributed by atoms with Gasteiger partial charge in [0.1, 0.15) is 11.9 Å². The maximum absolute atomic E-state index is 13.4. The van der Waals surface area contributed by atoms with Crippen LogP contribution in [0.1, 0.15) is 47.4 Å². The van der Waals surface area contributed by atoms with E-state index in [0.29, 0.717) is 16.7 Å². The van der Waals surface area contributed by atoms with E-state index in [9.17, 15) is 24.3 Å². The fraction of sp³-hybridized carbons (Fsp3) is 0.292. The molecule has 2 aromatic heterocycles. The van der Waals surface area contributed by atoms with Crippen LogP contribution in [0.2, 0.25) is 10.0 Å². The van der Waals surface area contributed by atoms with Gasteiger partial charge in [-0.2, -0.15) is 0 Å². The fourth-order valence-electron chi connectivity index (χ4n) is 3.82. The summed E-state index contributed by atoms with van der Waals surface area (Å²) in [4.78, 5) is 55.2. The minimum Gasteiger partial charge on any atom is -0.480 e. The van der Waals surface area contributed by atoms with Gasteiger partial charge in [0.25, 0.3) is 11.8 Å². The van der Waals surface area contributed by atoms with Crippen molar-refractivity contribution in [2.75, 3.05) is 11.9 Å². The Hall–Kier alpha value is -3.43. The number of anilines is 1. The second-order valence-corrected chi connectivity index (χ2v) is 9.08. The van der Waals surface area contributed by atoms with Crippen molar-refractivity contribution in [2.24, 2.45) is 5.92 Å². The van der Waals surface area contributed by atoms with E-state index in [4.69, 9.17) is 23.2 Å². The molecule has 1 unspecified atom stereocenters. The molecule has 1 aliphatic rings. The van der Waals surface area contributed by atoms with Gasteiger partial charge < -0.3 is 15.3 Å². The Bertz CT molecular complexity index is 1340. The Balaban J connectivity index is 1.67. The van der Waals surface area contributed by atoms with Crippen LogP contribution in [0.25, 0.3) is 10.9 Å². The van der Waals surface area contributed by atoms with Crippen molar-refractivity contribution >= 4 is 63.6 Å². The summed E-state index contributed by atoms with van der Waals surface area (Å²) in [6, 6.07) is 4.84.